The van der Waals surface area contributed by atoms with Gasteiger partial charge in [-0.25, -0.2) is 13.4 Å². The van der Waals surface area contributed by atoms with Gasteiger partial charge in [0, 0.05) is 6.20 Å². The van der Waals surface area contributed by atoms with E-state index in [4.69, 9.17) is 16.3 Å². The summed E-state index contributed by atoms with van der Waals surface area (Å²) in [6, 6.07) is 16.9. The molecule has 5 nitrogen and oxygen atoms in total. The lowest BCUT2D eigenvalue weighted by Gasteiger charge is -2.11. The van der Waals surface area contributed by atoms with Gasteiger partial charge in [0.15, 0.2) is 0 Å². The van der Waals surface area contributed by atoms with Gasteiger partial charge in [-0.05, 0) is 53.6 Å². The molecule has 27 heavy (non-hydrogen) atoms. The van der Waals surface area contributed by atoms with Gasteiger partial charge in [0.25, 0.3) is 10.0 Å². The lowest BCUT2D eigenvalue weighted by Crippen LogP contribution is -2.13. The molecule has 0 saturated carbocycles. The summed E-state index contributed by atoms with van der Waals surface area (Å²) in [5.41, 5.74) is 2.06. The predicted molar refractivity (Wildman–Crippen MR) is 108 cm³/mol. The van der Waals surface area contributed by atoms with E-state index in [1.54, 1.807) is 36.5 Å². The Kier molecular flexibility index (Phi) is 5.78. The number of pyridine rings is 1. The molecule has 0 fully saturated rings. The molecule has 2 aromatic carbocycles. The van der Waals surface area contributed by atoms with E-state index in [9.17, 15) is 8.42 Å². The average molecular weight is 401 g/mol. The number of halogens is 1. The Morgan fingerprint density at radius 1 is 1.04 bits per heavy atom. The van der Waals surface area contributed by atoms with Crippen LogP contribution in [0.1, 0.15) is 11.1 Å². The zero-order valence-electron chi connectivity index (χ0n) is 14.5. The monoisotopic (exact) mass is 400 g/mol. The summed E-state index contributed by atoms with van der Waals surface area (Å²) in [7, 11) is -2.19. The van der Waals surface area contributed by atoms with Crippen molar-refractivity contribution in [2.45, 2.75) is 4.90 Å². The zero-order valence-corrected chi connectivity index (χ0v) is 16.0. The van der Waals surface area contributed by atoms with Crippen molar-refractivity contribution in [3.8, 4) is 5.75 Å². The number of hydrogen-bond acceptors (Lipinski definition) is 4. The first kappa shape index (κ1) is 18.9. The minimum Gasteiger partial charge on any atom is -0.497 e. The van der Waals surface area contributed by atoms with E-state index >= 15 is 0 Å². The van der Waals surface area contributed by atoms with Crippen LogP contribution in [0.25, 0.3) is 12.2 Å². The van der Waals surface area contributed by atoms with Crippen LogP contribution in [0.5, 0.6) is 5.75 Å². The minimum atomic E-state index is -3.72. The number of nitrogens with zero attached hydrogens (tertiary/aromatic N) is 1. The second-order valence-electron chi connectivity index (χ2n) is 5.61. The third kappa shape index (κ3) is 4.87. The molecule has 3 rings (SSSR count). The number of rotatable bonds is 6. The Hall–Kier alpha value is -2.83. The number of nitrogens with one attached hydrogen (secondary N) is 1. The molecule has 0 aliphatic heterocycles. The Morgan fingerprint density at radius 2 is 1.78 bits per heavy atom. The summed E-state index contributed by atoms with van der Waals surface area (Å²) in [6.45, 7) is 0. The van der Waals surface area contributed by atoms with Crippen molar-refractivity contribution in [2.24, 2.45) is 0 Å². The van der Waals surface area contributed by atoms with Gasteiger partial charge in [-0.3, -0.25) is 4.72 Å². The first-order valence-corrected chi connectivity index (χ1v) is 9.89. The van der Waals surface area contributed by atoms with Crippen LogP contribution in [0.15, 0.2) is 71.8 Å². The number of aromatic nitrogens is 1. The SMILES string of the molecule is COc1ccc(S(=O)(=O)Nc2ccccc2C=Cc2ccnc(Cl)c2)cc1. The van der Waals surface area contributed by atoms with Gasteiger partial charge in [-0.15, -0.1) is 0 Å². The van der Waals surface area contributed by atoms with Crippen molar-refractivity contribution in [3.05, 3.63) is 83.1 Å². The molecule has 0 amide bonds. The molecule has 0 unspecified atom stereocenters. The Bertz CT molecular complexity index is 1060. The van der Waals surface area contributed by atoms with E-state index < -0.39 is 10.0 Å². The molecule has 138 valence electrons. The van der Waals surface area contributed by atoms with Gasteiger partial charge in [0.1, 0.15) is 10.9 Å². The topological polar surface area (TPSA) is 68.3 Å². The number of para-hydroxylation sites is 1. The van der Waals surface area contributed by atoms with Crippen molar-refractivity contribution in [1.29, 1.82) is 0 Å². The molecule has 0 radical (unpaired) electrons. The predicted octanol–water partition coefficient (Wildman–Crippen LogP) is 4.71. The van der Waals surface area contributed by atoms with Gasteiger partial charge in [-0.1, -0.05) is 42.0 Å². The maximum absolute atomic E-state index is 12.7. The van der Waals surface area contributed by atoms with E-state index in [0.717, 1.165) is 11.1 Å². The number of anilines is 1. The molecule has 0 saturated heterocycles. The lowest BCUT2D eigenvalue weighted by atomic mass is 10.1. The third-order valence-corrected chi connectivity index (χ3v) is 5.37. The Morgan fingerprint density at radius 3 is 2.48 bits per heavy atom. The van der Waals surface area contributed by atoms with Gasteiger partial charge in [-0.2, -0.15) is 0 Å². The van der Waals surface area contributed by atoms with Gasteiger partial charge in [0.05, 0.1) is 17.7 Å². The molecule has 1 N–H and O–H groups in total. The fraction of sp³-hybridized carbons (Fsp3) is 0.0500. The van der Waals surface area contributed by atoms with E-state index in [0.29, 0.717) is 16.6 Å². The third-order valence-electron chi connectivity index (χ3n) is 3.78. The second kappa shape index (κ2) is 8.24. The highest BCUT2D eigenvalue weighted by atomic mass is 35.5. The summed E-state index contributed by atoms with van der Waals surface area (Å²) in [4.78, 5) is 4.09. The van der Waals surface area contributed by atoms with Gasteiger partial charge in [0.2, 0.25) is 0 Å². The van der Waals surface area contributed by atoms with Crippen LogP contribution in [0.4, 0.5) is 5.69 Å². The first-order valence-electron chi connectivity index (χ1n) is 8.03. The fourth-order valence-corrected chi connectivity index (χ4v) is 3.67. The fourth-order valence-electron chi connectivity index (χ4n) is 2.40. The largest absolute Gasteiger partial charge is 0.497 e. The van der Waals surface area contributed by atoms with Crippen LogP contribution in [0, 0.1) is 0 Å². The lowest BCUT2D eigenvalue weighted by molar-refractivity contribution is 0.414. The molecular weight excluding hydrogens is 384 g/mol. The standard InChI is InChI=1S/C20H17ClN2O3S/c1-26-17-8-10-18(11-9-17)27(24,25)23-19-5-3-2-4-16(19)7-6-15-12-13-22-20(21)14-15/h2-14,23H,1H3. The van der Waals surface area contributed by atoms with Gasteiger partial charge < -0.3 is 4.74 Å². The van der Waals surface area contributed by atoms with Crippen LogP contribution in [-0.4, -0.2) is 20.5 Å². The van der Waals surface area contributed by atoms with E-state index in [2.05, 4.69) is 9.71 Å². The molecule has 3 aromatic rings. The van der Waals surface area contributed by atoms with Crippen molar-refractivity contribution in [3.63, 3.8) is 0 Å². The van der Waals surface area contributed by atoms with Crippen LogP contribution in [0.3, 0.4) is 0 Å². The number of ether oxygens (including phenoxy) is 1. The summed E-state index contributed by atoms with van der Waals surface area (Å²) >= 11 is 5.89. The van der Waals surface area contributed by atoms with Crippen LogP contribution >= 0.6 is 11.6 Å². The molecule has 0 bridgehead atoms. The van der Waals surface area contributed by atoms with Crippen molar-refractivity contribution < 1.29 is 13.2 Å². The van der Waals surface area contributed by atoms with Crippen molar-refractivity contribution in [2.75, 3.05) is 11.8 Å². The van der Waals surface area contributed by atoms with Crippen LogP contribution in [-0.2, 0) is 10.0 Å². The summed E-state index contributed by atoms with van der Waals surface area (Å²) in [6.07, 6.45) is 5.27. The maximum atomic E-state index is 12.7. The van der Waals surface area contributed by atoms with Crippen LogP contribution in [0.2, 0.25) is 5.15 Å². The van der Waals surface area contributed by atoms with Gasteiger partial charge >= 0.3 is 0 Å². The maximum Gasteiger partial charge on any atom is 0.261 e. The zero-order chi connectivity index (χ0) is 19.3. The average Bonchev–Trinajstić information content (AvgIpc) is 2.67. The Balaban J connectivity index is 1.87. The van der Waals surface area contributed by atoms with E-state index in [1.807, 2.05) is 30.4 Å². The smallest absolute Gasteiger partial charge is 0.261 e. The highest BCUT2D eigenvalue weighted by Gasteiger charge is 2.15. The molecule has 7 heteroatoms. The molecule has 0 atom stereocenters. The molecule has 0 spiro atoms. The van der Waals surface area contributed by atoms with Crippen molar-refractivity contribution in [1.82, 2.24) is 4.98 Å². The number of sulfonamides is 1. The molecular formula is C20H17ClN2O3S. The normalized spacial score (nSPS) is 11.5. The second-order valence-corrected chi connectivity index (χ2v) is 7.68. The molecule has 1 aromatic heterocycles. The summed E-state index contributed by atoms with van der Waals surface area (Å²) < 4.78 is 33.0. The molecule has 1 heterocycles. The highest BCUT2D eigenvalue weighted by Crippen LogP contribution is 2.23. The molecule has 0 aliphatic carbocycles. The highest BCUT2D eigenvalue weighted by molar-refractivity contribution is 7.92. The van der Waals surface area contributed by atoms with E-state index in [1.165, 1.54) is 19.2 Å². The Labute approximate surface area is 163 Å². The van der Waals surface area contributed by atoms with E-state index in [-0.39, 0.29) is 4.90 Å². The first-order chi connectivity index (χ1) is 13.0. The minimum absolute atomic E-state index is 0.156. The molecule has 0 aliphatic rings. The van der Waals surface area contributed by atoms with Crippen molar-refractivity contribution >= 4 is 39.5 Å². The summed E-state index contributed by atoms with van der Waals surface area (Å²) in [5, 5.41) is 0.394. The summed E-state index contributed by atoms with van der Waals surface area (Å²) in [5.74, 6) is 0.591. The number of benzene rings is 2. The van der Waals surface area contributed by atoms with Crippen LogP contribution < -0.4 is 9.46 Å². The quantitative estimate of drug-likeness (QED) is 0.608. The number of methoxy groups -OCH3 is 1. The number of hydrogen-bond donors (Lipinski definition) is 1.